The number of nitrogens with zero attached hydrogens (tertiary/aromatic N) is 2. The van der Waals surface area contributed by atoms with Crippen LogP contribution in [0.1, 0.15) is 18.9 Å². The third kappa shape index (κ3) is 3.76. The first-order valence-electron chi connectivity index (χ1n) is 5.89. The van der Waals surface area contributed by atoms with Crippen LogP contribution in [-0.4, -0.2) is 27.8 Å². The zero-order valence-electron chi connectivity index (χ0n) is 10.8. The van der Waals surface area contributed by atoms with Crippen LogP contribution in [0.25, 0.3) is 0 Å². The van der Waals surface area contributed by atoms with Gasteiger partial charge in [-0.25, -0.2) is 4.98 Å². The van der Waals surface area contributed by atoms with Gasteiger partial charge in [0.25, 0.3) is 0 Å². The largest absolute Gasteiger partial charge is 0.420 e. The third-order valence-electron chi connectivity index (χ3n) is 2.82. The summed E-state index contributed by atoms with van der Waals surface area (Å²) in [5.41, 5.74) is -0.973. The fourth-order valence-corrected chi connectivity index (χ4v) is 3.30. The molecule has 1 amide bonds. The van der Waals surface area contributed by atoms with Crippen LogP contribution in [0.2, 0.25) is 0 Å². The molecule has 0 N–H and O–H groups in total. The van der Waals surface area contributed by atoms with Crippen molar-refractivity contribution >= 4 is 44.5 Å². The standard InChI is InChI=1S/C12H10BrF3N2O2S/c1-6(19)21-8-3-10(20)18(5-8)11-9(12(14,15)16)2-7(13)4-17-11/h2,4,8H,3,5H2,1H3. The van der Waals surface area contributed by atoms with Gasteiger partial charge in [-0.05, 0) is 22.0 Å². The summed E-state index contributed by atoms with van der Waals surface area (Å²) in [5.74, 6) is -0.878. The molecule has 2 heterocycles. The van der Waals surface area contributed by atoms with Crippen LogP contribution in [0.5, 0.6) is 0 Å². The highest BCUT2D eigenvalue weighted by molar-refractivity contribution is 9.10. The molecular formula is C12H10BrF3N2O2S. The van der Waals surface area contributed by atoms with Crippen molar-refractivity contribution in [3.63, 3.8) is 0 Å². The van der Waals surface area contributed by atoms with Crippen LogP contribution in [0, 0.1) is 0 Å². The van der Waals surface area contributed by atoms with Crippen molar-refractivity contribution in [2.45, 2.75) is 24.8 Å². The van der Waals surface area contributed by atoms with E-state index in [1.807, 2.05) is 0 Å². The number of carbonyl (C=O) groups is 2. The number of aromatic nitrogens is 1. The zero-order valence-corrected chi connectivity index (χ0v) is 13.2. The van der Waals surface area contributed by atoms with E-state index < -0.39 is 23.5 Å². The van der Waals surface area contributed by atoms with Crippen LogP contribution >= 0.6 is 27.7 Å². The van der Waals surface area contributed by atoms with Crippen molar-refractivity contribution in [3.8, 4) is 0 Å². The maximum atomic E-state index is 13.1. The molecule has 1 fully saturated rings. The number of carbonyl (C=O) groups excluding carboxylic acids is 2. The lowest BCUT2D eigenvalue weighted by Crippen LogP contribution is -2.28. The Labute approximate surface area is 131 Å². The molecule has 1 aliphatic rings. The van der Waals surface area contributed by atoms with Gasteiger partial charge < -0.3 is 0 Å². The normalized spacial score (nSPS) is 19.2. The lowest BCUT2D eigenvalue weighted by Gasteiger charge is -2.20. The van der Waals surface area contributed by atoms with Crippen molar-refractivity contribution in [3.05, 3.63) is 22.3 Å². The Hall–Kier alpha value is -1.09. The molecule has 114 valence electrons. The topological polar surface area (TPSA) is 50.3 Å². The molecular weight excluding hydrogens is 373 g/mol. The first-order chi connectivity index (χ1) is 9.68. The number of hydrogen-bond donors (Lipinski definition) is 0. The zero-order chi connectivity index (χ0) is 15.8. The molecule has 0 aliphatic carbocycles. The minimum atomic E-state index is -4.61. The van der Waals surface area contributed by atoms with Gasteiger partial charge in [0.1, 0.15) is 5.82 Å². The molecule has 0 aromatic carbocycles. The number of halogens is 4. The van der Waals surface area contributed by atoms with E-state index >= 15 is 0 Å². The maximum absolute atomic E-state index is 13.1. The Kier molecular flexibility index (Phi) is 4.62. The van der Waals surface area contributed by atoms with Gasteiger partial charge in [-0.3, -0.25) is 14.5 Å². The molecule has 9 heteroatoms. The van der Waals surface area contributed by atoms with Crippen LogP contribution in [0.3, 0.4) is 0 Å². The molecule has 1 saturated heterocycles. The molecule has 0 spiro atoms. The Morgan fingerprint density at radius 3 is 2.76 bits per heavy atom. The highest BCUT2D eigenvalue weighted by Crippen LogP contribution is 2.39. The molecule has 2 rings (SSSR count). The summed E-state index contributed by atoms with van der Waals surface area (Å²) in [6, 6.07) is 0.890. The van der Waals surface area contributed by atoms with E-state index in [2.05, 4.69) is 20.9 Å². The summed E-state index contributed by atoms with van der Waals surface area (Å²) in [6.45, 7) is 1.40. The molecule has 1 aromatic rings. The second kappa shape index (κ2) is 5.96. The van der Waals surface area contributed by atoms with Gasteiger partial charge in [-0.2, -0.15) is 13.2 Å². The quantitative estimate of drug-likeness (QED) is 0.787. The Morgan fingerprint density at radius 1 is 1.52 bits per heavy atom. The molecule has 1 aliphatic heterocycles. The van der Waals surface area contributed by atoms with Gasteiger partial charge in [-0.15, -0.1) is 0 Å². The predicted molar refractivity (Wildman–Crippen MR) is 76.0 cm³/mol. The van der Waals surface area contributed by atoms with Crippen molar-refractivity contribution in [2.24, 2.45) is 0 Å². The van der Waals surface area contributed by atoms with Crippen LogP contribution in [-0.2, 0) is 15.8 Å². The number of thioether (sulfide) groups is 1. The van der Waals surface area contributed by atoms with Gasteiger partial charge in [0, 0.05) is 35.8 Å². The van der Waals surface area contributed by atoms with Gasteiger partial charge >= 0.3 is 6.18 Å². The van der Waals surface area contributed by atoms with E-state index in [0.717, 1.165) is 22.7 Å². The van der Waals surface area contributed by atoms with Gasteiger partial charge in [0.15, 0.2) is 5.12 Å². The highest BCUT2D eigenvalue weighted by atomic mass is 79.9. The Balaban J connectivity index is 2.34. The molecule has 1 unspecified atom stereocenters. The predicted octanol–water partition coefficient (Wildman–Crippen LogP) is 3.25. The lowest BCUT2D eigenvalue weighted by atomic mass is 10.2. The molecule has 0 bridgehead atoms. The van der Waals surface area contributed by atoms with Crippen molar-refractivity contribution in [1.82, 2.24) is 4.98 Å². The Bertz CT molecular complexity index is 594. The summed E-state index contributed by atoms with van der Waals surface area (Å²) >= 11 is 3.90. The fourth-order valence-electron chi connectivity index (χ4n) is 2.05. The van der Waals surface area contributed by atoms with E-state index in [1.54, 1.807) is 0 Å². The maximum Gasteiger partial charge on any atom is 0.420 e. The lowest BCUT2D eigenvalue weighted by molar-refractivity contribution is -0.137. The van der Waals surface area contributed by atoms with Crippen LogP contribution < -0.4 is 4.90 Å². The van der Waals surface area contributed by atoms with Crippen LogP contribution in [0.4, 0.5) is 19.0 Å². The third-order valence-corrected chi connectivity index (χ3v) is 4.23. The summed E-state index contributed by atoms with van der Waals surface area (Å²) in [6.07, 6.45) is -3.37. The summed E-state index contributed by atoms with van der Waals surface area (Å²) in [7, 11) is 0. The van der Waals surface area contributed by atoms with Gasteiger partial charge in [0.2, 0.25) is 5.91 Å². The average Bonchev–Trinajstić information content (AvgIpc) is 2.68. The summed E-state index contributed by atoms with van der Waals surface area (Å²) < 4.78 is 39.4. The number of hydrogen-bond acceptors (Lipinski definition) is 4. The number of anilines is 1. The van der Waals surface area contributed by atoms with E-state index in [0.29, 0.717) is 0 Å². The number of alkyl halides is 3. The highest BCUT2D eigenvalue weighted by Gasteiger charge is 2.40. The monoisotopic (exact) mass is 382 g/mol. The smallest absolute Gasteiger partial charge is 0.295 e. The first-order valence-corrected chi connectivity index (χ1v) is 7.56. The van der Waals surface area contributed by atoms with Crippen LogP contribution in [0.15, 0.2) is 16.7 Å². The fraction of sp³-hybridized carbons (Fsp3) is 0.417. The molecule has 4 nitrogen and oxygen atoms in total. The molecule has 1 aromatic heterocycles. The number of rotatable bonds is 2. The van der Waals surface area contributed by atoms with Gasteiger partial charge in [0.05, 0.1) is 5.56 Å². The number of amides is 1. The molecule has 21 heavy (non-hydrogen) atoms. The molecule has 0 radical (unpaired) electrons. The Morgan fingerprint density at radius 2 is 2.19 bits per heavy atom. The van der Waals surface area contributed by atoms with Crippen molar-refractivity contribution < 1.29 is 22.8 Å². The van der Waals surface area contributed by atoms with Crippen molar-refractivity contribution in [2.75, 3.05) is 11.4 Å². The average molecular weight is 383 g/mol. The van der Waals surface area contributed by atoms with E-state index in [9.17, 15) is 22.8 Å². The SMILES string of the molecule is CC(=O)SC1CC(=O)N(c2ncc(Br)cc2C(F)(F)F)C1. The van der Waals surface area contributed by atoms with E-state index in [-0.39, 0.29) is 27.8 Å². The second-order valence-electron chi connectivity index (χ2n) is 4.46. The molecule has 1 atom stereocenters. The minimum absolute atomic E-state index is 0.0271. The van der Waals surface area contributed by atoms with Gasteiger partial charge in [-0.1, -0.05) is 11.8 Å². The second-order valence-corrected chi connectivity index (χ2v) is 6.86. The number of pyridine rings is 1. The van der Waals surface area contributed by atoms with Crippen molar-refractivity contribution in [1.29, 1.82) is 0 Å². The summed E-state index contributed by atoms with van der Waals surface area (Å²) in [4.78, 5) is 27.7. The van der Waals surface area contributed by atoms with E-state index in [4.69, 9.17) is 0 Å². The van der Waals surface area contributed by atoms with E-state index in [1.165, 1.54) is 13.1 Å². The molecule has 0 saturated carbocycles. The summed E-state index contributed by atoms with van der Waals surface area (Å²) in [5, 5.41) is -0.518. The first kappa shape index (κ1) is 16.3. The minimum Gasteiger partial charge on any atom is -0.295 e.